The van der Waals surface area contributed by atoms with Gasteiger partial charge in [-0.1, -0.05) is 91.0 Å². The third-order valence-corrected chi connectivity index (χ3v) is 4.10. The SMILES string of the molecule is O=C(O)CC(=O)OC(c1ccccc1)(c1ccccc1)c1ccccc1. The lowest BCUT2D eigenvalue weighted by Crippen LogP contribution is -2.35. The second-order valence-corrected chi connectivity index (χ2v) is 5.82. The van der Waals surface area contributed by atoms with E-state index in [1.54, 1.807) is 0 Å². The minimum Gasteiger partial charge on any atom is -0.481 e. The number of carbonyl (C=O) groups is 2. The maximum absolute atomic E-state index is 12.4. The maximum Gasteiger partial charge on any atom is 0.318 e. The number of carboxylic acid groups (broad SMARTS) is 1. The molecule has 0 heterocycles. The monoisotopic (exact) mass is 346 g/mol. The average molecular weight is 346 g/mol. The van der Waals surface area contributed by atoms with Gasteiger partial charge in [0, 0.05) is 16.7 Å². The van der Waals surface area contributed by atoms with Crippen molar-refractivity contribution in [2.24, 2.45) is 0 Å². The molecule has 0 amide bonds. The van der Waals surface area contributed by atoms with Crippen molar-refractivity contribution in [3.8, 4) is 0 Å². The smallest absolute Gasteiger partial charge is 0.318 e. The van der Waals surface area contributed by atoms with Crippen LogP contribution >= 0.6 is 0 Å². The van der Waals surface area contributed by atoms with E-state index >= 15 is 0 Å². The van der Waals surface area contributed by atoms with Crippen LogP contribution in [0.1, 0.15) is 23.1 Å². The predicted molar refractivity (Wildman–Crippen MR) is 97.6 cm³/mol. The van der Waals surface area contributed by atoms with E-state index in [0.29, 0.717) is 0 Å². The molecule has 4 nitrogen and oxygen atoms in total. The number of esters is 1. The van der Waals surface area contributed by atoms with Crippen molar-refractivity contribution in [2.45, 2.75) is 12.0 Å². The molecule has 1 N–H and O–H groups in total. The molecule has 3 aromatic rings. The molecule has 0 saturated carbocycles. The van der Waals surface area contributed by atoms with E-state index in [1.165, 1.54) is 0 Å². The molecular weight excluding hydrogens is 328 g/mol. The van der Waals surface area contributed by atoms with Gasteiger partial charge in [-0.3, -0.25) is 9.59 Å². The molecule has 0 fully saturated rings. The number of hydrogen-bond donors (Lipinski definition) is 1. The van der Waals surface area contributed by atoms with Crippen LogP contribution in [-0.2, 0) is 19.9 Å². The molecule has 4 heteroatoms. The Morgan fingerprint density at radius 2 is 1.04 bits per heavy atom. The number of ether oxygens (including phenoxy) is 1. The van der Waals surface area contributed by atoms with Crippen LogP contribution in [0.15, 0.2) is 91.0 Å². The van der Waals surface area contributed by atoms with Gasteiger partial charge in [0.1, 0.15) is 6.42 Å². The first-order chi connectivity index (χ1) is 12.6. The van der Waals surface area contributed by atoms with Crippen LogP contribution in [0, 0.1) is 0 Å². The standard InChI is InChI=1S/C22H18O4/c23-20(24)16-21(25)26-22(17-10-4-1-5-11-17,18-12-6-2-7-13-18)19-14-8-3-9-15-19/h1-15H,16H2,(H,23,24). The first-order valence-electron chi connectivity index (χ1n) is 8.23. The highest BCUT2D eigenvalue weighted by atomic mass is 16.6. The molecule has 0 aliphatic carbocycles. The Morgan fingerprint density at radius 1 is 0.692 bits per heavy atom. The zero-order chi connectivity index (χ0) is 18.4. The molecule has 0 aliphatic heterocycles. The number of rotatable bonds is 6. The summed E-state index contributed by atoms with van der Waals surface area (Å²) in [4.78, 5) is 23.4. The zero-order valence-electron chi connectivity index (χ0n) is 14.0. The highest BCUT2D eigenvalue weighted by Gasteiger charge is 2.40. The van der Waals surface area contributed by atoms with Crippen molar-refractivity contribution >= 4 is 11.9 Å². The third kappa shape index (κ3) is 3.49. The number of hydrogen-bond acceptors (Lipinski definition) is 3. The minimum atomic E-state index is -1.23. The Bertz CT molecular complexity index is 777. The predicted octanol–water partition coefficient (Wildman–Crippen LogP) is 4.00. The van der Waals surface area contributed by atoms with E-state index in [9.17, 15) is 9.59 Å². The van der Waals surface area contributed by atoms with E-state index in [4.69, 9.17) is 9.84 Å². The van der Waals surface area contributed by atoms with Gasteiger partial charge in [0.25, 0.3) is 0 Å². The highest BCUT2D eigenvalue weighted by molar-refractivity contribution is 5.90. The quantitative estimate of drug-likeness (QED) is 0.416. The summed E-state index contributed by atoms with van der Waals surface area (Å²) >= 11 is 0. The topological polar surface area (TPSA) is 63.6 Å². The molecule has 0 aromatic heterocycles. The summed E-state index contributed by atoms with van der Waals surface area (Å²) in [5.74, 6) is -2.02. The third-order valence-electron chi connectivity index (χ3n) is 4.10. The second kappa shape index (κ2) is 7.66. The summed E-state index contributed by atoms with van der Waals surface area (Å²) < 4.78 is 5.89. The highest BCUT2D eigenvalue weighted by Crippen LogP contribution is 2.40. The van der Waals surface area contributed by atoms with Gasteiger partial charge >= 0.3 is 11.9 Å². The molecule has 0 radical (unpaired) electrons. The molecule has 0 aliphatic rings. The Hall–Kier alpha value is -3.40. The molecule has 3 aromatic carbocycles. The Kier molecular flexibility index (Phi) is 5.13. The zero-order valence-corrected chi connectivity index (χ0v) is 14.0. The van der Waals surface area contributed by atoms with Crippen molar-refractivity contribution in [3.05, 3.63) is 108 Å². The van der Waals surface area contributed by atoms with E-state index in [2.05, 4.69) is 0 Å². The maximum atomic E-state index is 12.4. The van der Waals surface area contributed by atoms with E-state index in [1.807, 2.05) is 91.0 Å². The molecule has 0 bridgehead atoms. The Balaban J connectivity index is 2.24. The van der Waals surface area contributed by atoms with Gasteiger partial charge in [0.15, 0.2) is 5.60 Å². The van der Waals surface area contributed by atoms with Crippen molar-refractivity contribution < 1.29 is 19.4 Å². The summed E-state index contributed by atoms with van der Waals surface area (Å²) in [6.45, 7) is 0. The van der Waals surface area contributed by atoms with Crippen molar-refractivity contribution in [3.63, 3.8) is 0 Å². The lowest BCUT2D eigenvalue weighted by atomic mass is 9.80. The molecule has 0 spiro atoms. The lowest BCUT2D eigenvalue weighted by molar-refractivity contribution is -0.158. The summed E-state index contributed by atoms with van der Waals surface area (Å²) in [5, 5.41) is 8.99. The van der Waals surface area contributed by atoms with Crippen molar-refractivity contribution in [2.75, 3.05) is 0 Å². The number of benzene rings is 3. The first-order valence-corrected chi connectivity index (χ1v) is 8.23. The van der Waals surface area contributed by atoms with Gasteiger partial charge < -0.3 is 9.84 Å². The Labute approximate surface area is 151 Å². The fraction of sp³-hybridized carbons (Fsp3) is 0.0909. The second-order valence-electron chi connectivity index (χ2n) is 5.82. The summed E-state index contributed by atoms with van der Waals surface area (Å²) in [5.41, 5.74) is 1.01. The van der Waals surface area contributed by atoms with Gasteiger partial charge in [0.05, 0.1) is 0 Å². The fourth-order valence-electron chi connectivity index (χ4n) is 3.03. The molecule has 3 rings (SSSR count). The lowest BCUT2D eigenvalue weighted by Gasteiger charge is -2.35. The van der Waals surface area contributed by atoms with Gasteiger partial charge in [-0.15, -0.1) is 0 Å². The van der Waals surface area contributed by atoms with Crippen molar-refractivity contribution in [1.29, 1.82) is 0 Å². The molecule has 0 atom stereocenters. The van der Waals surface area contributed by atoms with Crippen LogP contribution in [0.25, 0.3) is 0 Å². The molecule has 0 unspecified atom stereocenters. The summed E-state index contributed by atoms with van der Waals surface area (Å²) in [6, 6.07) is 28.0. The average Bonchev–Trinajstić information content (AvgIpc) is 2.67. The van der Waals surface area contributed by atoms with Gasteiger partial charge in [-0.2, -0.15) is 0 Å². The fourth-order valence-corrected chi connectivity index (χ4v) is 3.03. The number of carboxylic acids is 1. The molecule has 130 valence electrons. The van der Waals surface area contributed by atoms with E-state index in [0.717, 1.165) is 16.7 Å². The van der Waals surface area contributed by atoms with Crippen LogP contribution in [0.2, 0.25) is 0 Å². The van der Waals surface area contributed by atoms with Gasteiger partial charge in [-0.05, 0) is 0 Å². The normalized spacial score (nSPS) is 10.9. The first kappa shape index (κ1) is 17.4. The number of aliphatic carboxylic acids is 1. The van der Waals surface area contributed by atoms with Crippen LogP contribution in [0.4, 0.5) is 0 Å². The van der Waals surface area contributed by atoms with Gasteiger partial charge in [0.2, 0.25) is 0 Å². The molecular formula is C22H18O4. The van der Waals surface area contributed by atoms with Crippen molar-refractivity contribution in [1.82, 2.24) is 0 Å². The van der Waals surface area contributed by atoms with Crippen LogP contribution in [0.5, 0.6) is 0 Å². The largest absolute Gasteiger partial charge is 0.481 e. The van der Waals surface area contributed by atoms with E-state index in [-0.39, 0.29) is 0 Å². The van der Waals surface area contributed by atoms with Crippen LogP contribution < -0.4 is 0 Å². The summed E-state index contributed by atoms with van der Waals surface area (Å²) in [7, 11) is 0. The Morgan fingerprint density at radius 3 is 1.35 bits per heavy atom. The number of carbonyl (C=O) groups excluding carboxylic acids is 1. The van der Waals surface area contributed by atoms with Crippen LogP contribution in [0.3, 0.4) is 0 Å². The molecule has 26 heavy (non-hydrogen) atoms. The van der Waals surface area contributed by atoms with Gasteiger partial charge in [-0.25, -0.2) is 0 Å². The van der Waals surface area contributed by atoms with Crippen LogP contribution in [-0.4, -0.2) is 17.0 Å². The van der Waals surface area contributed by atoms with E-state index < -0.39 is 24.0 Å². The molecule has 0 saturated heterocycles. The minimum absolute atomic E-state index is 0.700. The summed E-state index contributed by atoms with van der Waals surface area (Å²) in [6.07, 6.45) is -0.700.